The van der Waals surface area contributed by atoms with Crippen molar-refractivity contribution in [3.8, 4) is 11.5 Å². The van der Waals surface area contributed by atoms with Crippen LogP contribution in [0, 0.1) is 0 Å². The lowest BCUT2D eigenvalue weighted by Crippen LogP contribution is -2.30. The van der Waals surface area contributed by atoms with Gasteiger partial charge in [0.1, 0.15) is 11.5 Å². The Labute approximate surface area is 219 Å². The molecule has 0 aliphatic rings. The number of hydrogen-bond donors (Lipinski definition) is 2. The summed E-state index contributed by atoms with van der Waals surface area (Å²) in [5.41, 5.74) is 9.80. The first-order valence-electron chi connectivity index (χ1n) is 12.7. The molecule has 0 saturated heterocycles. The summed E-state index contributed by atoms with van der Waals surface area (Å²) >= 11 is 0. The molecule has 0 atom stereocenters. The van der Waals surface area contributed by atoms with Crippen LogP contribution in [0.1, 0.15) is 34.6 Å². The second-order valence-corrected chi connectivity index (χ2v) is 9.27. The van der Waals surface area contributed by atoms with Gasteiger partial charge < -0.3 is 15.6 Å². The summed E-state index contributed by atoms with van der Waals surface area (Å²) in [5, 5.41) is 10.0. The highest BCUT2D eigenvalue weighted by molar-refractivity contribution is 5.76. The monoisotopic (exact) mass is 494 g/mol. The largest absolute Gasteiger partial charge is 0.508 e. The topological polar surface area (TPSA) is 75.8 Å². The van der Waals surface area contributed by atoms with E-state index in [-0.39, 0.29) is 24.0 Å². The molecule has 0 aliphatic heterocycles. The van der Waals surface area contributed by atoms with Gasteiger partial charge in [0.05, 0.1) is 13.0 Å². The lowest BCUT2D eigenvalue weighted by molar-refractivity contribution is -0.117. The van der Waals surface area contributed by atoms with Crippen molar-refractivity contribution in [1.82, 2.24) is 4.90 Å². The van der Waals surface area contributed by atoms with Crippen LogP contribution < -0.4 is 10.5 Å². The van der Waals surface area contributed by atoms with E-state index in [1.54, 1.807) is 6.07 Å². The molecule has 37 heavy (non-hydrogen) atoms. The van der Waals surface area contributed by atoms with Gasteiger partial charge in [-0.15, -0.1) is 0 Å². The number of rotatable bonds is 13. The molecule has 4 aromatic carbocycles. The molecule has 0 saturated carbocycles. The third-order valence-electron chi connectivity index (χ3n) is 6.33. The predicted molar refractivity (Wildman–Crippen MR) is 148 cm³/mol. The lowest BCUT2D eigenvalue weighted by atomic mass is 9.90. The van der Waals surface area contributed by atoms with E-state index in [0.717, 1.165) is 42.9 Å². The maximum Gasteiger partial charge on any atom is 0.221 e. The highest BCUT2D eigenvalue weighted by Gasteiger charge is 2.19. The van der Waals surface area contributed by atoms with Crippen LogP contribution in [0.25, 0.3) is 0 Å². The fraction of sp³-hybridized carbons (Fsp3) is 0.219. The molecule has 4 rings (SSSR count). The second-order valence-electron chi connectivity index (χ2n) is 9.27. The minimum atomic E-state index is -0.355. The van der Waals surface area contributed by atoms with Crippen molar-refractivity contribution in [2.45, 2.75) is 25.3 Å². The number of ether oxygens (including phenoxy) is 1. The Hall–Kier alpha value is -4.09. The van der Waals surface area contributed by atoms with Gasteiger partial charge in [-0.05, 0) is 52.9 Å². The van der Waals surface area contributed by atoms with Crippen molar-refractivity contribution in [2.24, 2.45) is 5.73 Å². The Balaban J connectivity index is 1.46. The van der Waals surface area contributed by atoms with Gasteiger partial charge in [0.25, 0.3) is 0 Å². The van der Waals surface area contributed by atoms with Crippen LogP contribution in [0.4, 0.5) is 0 Å². The fourth-order valence-corrected chi connectivity index (χ4v) is 4.60. The van der Waals surface area contributed by atoms with Crippen LogP contribution in [-0.2, 0) is 17.8 Å². The molecule has 4 aromatic rings. The van der Waals surface area contributed by atoms with Gasteiger partial charge in [0, 0.05) is 25.6 Å². The predicted octanol–water partition coefficient (Wildman–Crippen LogP) is 5.52. The van der Waals surface area contributed by atoms with Crippen LogP contribution in [0.15, 0.2) is 109 Å². The minimum Gasteiger partial charge on any atom is -0.508 e. The van der Waals surface area contributed by atoms with Crippen molar-refractivity contribution >= 4 is 5.91 Å². The zero-order chi connectivity index (χ0) is 25.9. The zero-order valence-electron chi connectivity index (χ0n) is 21.0. The zero-order valence-corrected chi connectivity index (χ0v) is 21.0. The maximum absolute atomic E-state index is 11.2. The van der Waals surface area contributed by atoms with Crippen LogP contribution in [-0.4, -0.2) is 35.6 Å². The summed E-state index contributed by atoms with van der Waals surface area (Å²) in [6.07, 6.45) is 1.03. The van der Waals surface area contributed by atoms with Crippen LogP contribution in [0.3, 0.4) is 0 Å². The molecule has 3 N–H and O–H groups in total. The van der Waals surface area contributed by atoms with E-state index in [9.17, 15) is 9.90 Å². The molecule has 0 aromatic heterocycles. The first-order chi connectivity index (χ1) is 18.1. The van der Waals surface area contributed by atoms with Gasteiger partial charge in [-0.2, -0.15) is 0 Å². The van der Waals surface area contributed by atoms with Crippen molar-refractivity contribution in [3.63, 3.8) is 0 Å². The van der Waals surface area contributed by atoms with Crippen LogP contribution in [0.2, 0.25) is 0 Å². The number of aromatic hydroxyl groups is 1. The SMILES string of the molecule is NC(=O)Cc1cccc(OCCCN(Cc2cccc(O)c2)CC(c2ccccc2)c2ccccc2)c1. The smallest absolute Gasteiger partial charge is 0.221 e. The third-order valence-corrected chi connectivity index (χ3v) is 6.33. The number of carbonyl (C=O) groups is 1. The molecule has 5 heteroatoms. The van der Waals surface area contributed by atoms with Crippen LogP contribution in [0.5, 0.6) is 11.5 Å². The number of nitrogens with two attached hydrogens (primary N) is 1. The number of nitrogens with zero attached hydrogens (tertiary/aromatic N) is 1. The number of phenolic OH excluding ortho intramolecular Hbond substituents is 1. The first-order valence-corrected chi connectivity index (χ1v) is 12.7. The van der Waals surface area contributed by atoms with Gasteiger partial charge in [-0.25, -0.2) is 0 Å². The molecule has 0 radical (unpaired) electrons. The average Bonchev–Trinajstić information content (AvgIpc) is 2.90. The van der Waals surface area contributed by atoms with E-state index >= 15 is 0 Å². The van der Waals surface area contributed by atoms with Gasteiger partial charge in [-0.1, -0.05) is 84.9 Å². The minimum absolute atomic E-state index is 0.204. The Morgan fingerprint density at radius 2 is 1.46 bits per heavy atom. The molecule has 0 fully saturated rings. The Bertz CT molecular complexity index is 1220. The molecule has 0 spiro atoms. The number of hydrogen-bond acceptors (Lipinski definition) is 4. The molecule has 0 heterocycles. The van der Waals surface area contributed by atoms with E-state index in [1.165, 1.54) is 11.1 Å². The summed E-state index contributed by atoms with van der Waals surface area (Å²) in [6.45, 7) is 2.93. The van der Waals surface area contributed by atoms with Crippen molar-refractivity contribution in [3.05, 3.63) is 131 Å². The van der Waals surface area contributed by atoms with E-state index in [2.05, 4.69) is 53.4 Å². The van der Waals surface area contributed by atoms with Gasteiger partial charge >= 0.3 is 0 Å². The molecular formula is C32H34N2O3. The normalized spacial score (nSPS) is 11.1. The second kappa shape index (κ2) is 13.3. The number of primary amides is 1. The molecule has 1 amide bonds. The highest BCUT2D eigenvalue weighted by Crippen LogP contribution is 2.27. The highest BCUT2D eigenvalue weighted by atomic mass is 16.5. The van der Waals surface area contributed by atoms with E-state index < -0.39 is 0 Å². The molecule has 0 bridgehead atoms. The number of carbonyl (C=O) groups excluding carboxylic acids is 1. The van der Waals surface area contributed by atoms with Crippen molar-refractivity contribution < 1.29 is 14.6 Å². The fourth-order valence-electron chi connectivity index (χ4n) is 4.60. The molecule has 0 aliphatic carbocycles. The van der Waals surface area contributed by atoms with Gasteiger partial charge in [-0.3, -0.25) is 9.69 Å². The maximum atomic E-state index is 11.2. The first kappa shape index (κ1) is 26.0. The molecule has 5 nitrogen and oxygen atoms in total. The average molecular weight is 495 g/mol. The third kappa shape index (κ3) is 8.23. The van der Waals surface area contributed by atoms with Crippen molar-refractivity contribution in [1.29, 1.82) is 0 Å². The molecule has 190 valence electrons. The van der Waals surface area contributed by atoms with E-state index in [1.807, 2.05) is 54.6 Å². The summed E-state index contributed by atoms with van der Waals surface area (Å²) < 4.78 is 6.00. The number of phenols is 1. The molecule has 0 unspecified atom stereocenters. The Morgan fingerprint density at radius 3 is 2.11 bits per heavy atom. The van der Waals surface area contributed by atoms with Gasteiger partial charge in [0.15, 0.2) is 0 Å². The molecular weight excluding hydrogens is 460 g/mol. The van der Waals surface area contributed by atoms with E-state index in [0.29, 0.717) is 6.61 Å². The number of amides is 1. The summed E-state index contributed by atoms with van der Waals surface area (Å²) in [4.78, 5) is 13.7. The summed E-state index contributed by atoms with van der Waals surface area (Å²) in [6, 6.07) is 36.2. The van der Waals surface area contributed by atoms with Gasteiger partial charge in [0.2, 0.25) is 5.91 Å². The Kier molecular flexibility index (Phi) is 9.33. The Morgan fingerprint density at radius 1 is 0.811 bits per heavy atom. The van der Waals surface area contributed by atoms with E-state index in [4.69, 9.17) is 10.5 Å². The summed E-state index contributed by atoms with van der Waals surface area (Å²) in [5.74, 6) is 0.876. The van der Waals surface area contributed by atoms with Crippen molar-refractivity contribution in [2.75, 3.05) is 19.7 Å². The number of benzene rings is 4. The van der Waals surface area contributed by atoms with Crippen LogP contribution >= 0.6 is 0 Å². The standard InChI is InChI=1S/C32H34N2O3/c33-32(36)22-25-10-8-17-30(21-25)37-19-9-18-34(23-26-11-7-16-29(35)20-26)24-31(27-12-3-1-4-13-27)28-14-5-2-6-15-28/h1-8,10-17,20-21,31,35H,9,18-19,22-24H2,(H2,33,36). The lowest BCUT2D eigenvalue weighted by Gasteiger charge is -2.28. The summed E-state index contributed by atoms with van der Waals surface area (Å²) in [7, 11) is 0. The quantitative estimate of drug-likeness (QED) is 0.240.